The lowest BCUT2D eigenvalue weighted by Crippen LogP contribution is -2.69. The average Bonchev–Trinajstić information content (AvgIpc) is 1.82. The third-order valence-corrected chi connectivity index (χ3v) is 2.07. The molecule has 0 radical (unpaired) electrons. The van der Waals surface area contributed by atoms with Gasteiger partial charge in [-0.2, -0.15) is 0 Å². The highest BCUT2D eigenvalue weighted by atomic mass is 16.2. The van der Waals surface area contributed by atoms with E-state index in [4.69, 9.17) is 11.5 Å². The largest absolute Gasteiger partial charge is 0.351 e. The van der Waals surface area contributed by atoms with Crippen molar-refractivity contribution in [3.05, 3.63) is 0 Å². The molecule has 1 aliphatic heterocycles. The van der Waals surface area contributed by atoms with Gasteiger partial charge in [0.05, 0.1) is 5.54 Å². The van der Waals surface area contributed by atoms with Gasteiger partial charge in [-0.05, 0) is 6.42 Å². The second-order valence-corrected chi connectivity index (χ2v) is 3.31. The number of nitrogens with zero attached hydrogens (tertiary/aromatic N) is 1. The molecule has 4 heteroatoms. The van der Waals surface area contributed by atoms with Gasteiger partial charge in [-0.15, -0.1) is 0 Å². The van der Waals surface area contributed by atoms with E-state index in [0.717, 1.165) is 12.8 Å². The van der Waals surface area contributed by atoms with E-state index in [1.165, 1.54) is 0 Å². The van der Waals surface area contributed by atoms with Crippen molar-refractivity contribution < 1.29 is 4.79 Å². The number of primary amides is 1. The Balaban J connectivity index is 2.31. The summed E-state index contributed by atoms with van der Waals surface area (Å²) < 4.78 is 0. The molecular formula is C7H15N3O. The van der Waals surface area contributed by atoms with Gasteiger partial charge in [-0.3, -0.25) is 0 Å². The summed E-state index contributed by atoms with van der Waals surface area (Å²) in [6.45, 7) is 3.33. The van der Waals surface area contributed by atoms with Crippen LogP contribution in [0.2, 0.25) is 0 Å². The molecule has 0 aliphatic carbocycles. The third kappa shape index (κ3) is 1.63. The number of carbonyl (C=O) groups excluding carboxylic acids is 1. The first-order valence-corrected chi connectivity index (χ1v) is 3.91. The molecule has 0 saturated carbocycles. The number of urea groups is 1. The van der Waals surface area contributed by atoms with E-state index in [-0.39, 0.29) is 11.6 Å². The second kappa shape index (κ2) is 2.70. The number of hydrogen-bond acceptors (Lipinski definition) is 2. The first kappa shape index (κ1) is 8.33. The van der Waals surface area contributed by atoms with Crippen LogP contribution < -0.4 is 11.5 Å². The SMILES string of the molecule is CCCC1(N)CN(C(N)=O)C1. The lowest BCUT2D eigenvalue weighted by atomic mass is 9.87. The molecule has 1 aliphatic rings. The lowest BCUT2D eigenvalue weighted by molar-refractivity contribution is 0.0954. The first-order chi connectivity index (χ1) is 5.07. The lowest BCUT2D eigenvalue weighted by Gasteiger charge is -2.46. The number of amides is 2. The zero-order chi connectivity index (χ0) is 8.48. The highest BCUT2D eigenvalue weighted by Crippen LogP contribution is 2.22. The Morgan fingerprint density at radius 1 is 1.64 bits per heavy atom. The minimum absolute atomic E-state index is 0.149. The maximum absolute atomic E-state index is 10.6. The Morgan fingerprint density at radius 3 is 2.55 bits per heavy atom. The van der Waals surface area contributed by atoms with Gasteiger partial charge >= 0.3 is 6.03 Å². The smallest absolute Gasteiger partial charge is 0.314 e. The van der Waals surface area contributed by atoms with E-state index < -0.39 is 0 Å². The molecule has 0 unspecified atom stereocenters. The molecule has 4 nitrogen and oxygen atoms in total. The highest BCUT2D eigenvalue weighted by Gasteiger charge is 2.40. The van der Waals surface area contributed by atoms with Crippen LogP contribution in [0, 0.1) is 0 Å². The molecule has 0 spiro atoms. The zero-order valence-corrected chi connectivity index (χ0v) is 6.84. The fourth-order valence-corrected chi connectivity index (χ4v) is 1.53. The molecule has 1 heterocycles. The van der Waals surface area contributed by atoms with Gasteiger partial charge in [-0.1, -0.05) is 13.3 Å². The van der Waals surface area contributed by atoms with Crippen LogP contribution in [0.5, 0.6) is 0 Å². The third-order valence-electron chi connectivity index (χ3n) is 2.07. The number of carbonyl (C=O) groups is 1. The normalized spacial score (nSPS) is 21.1. The molecule has 64 valence electrons. The van der Waals surface area contributed by atoms with E-state index >= 15 is 0 Å². The van der Waals surface area contributed by atoms with Crippen molar-refractivity contribution in [2.24, 2.45) is 11.5 Å². The average molecular weight is 157 g/mol. The van der Waals surface area contributed by atoms with Gasteiger partial charge in [0.2, 0.25) is 0 Å². The van der Waals surface area contributed by atoms with E-state index in [2.05, 4.69) is 6.92 Å². The van der Waals surface area contributed by atoms with Crippen molar-refractivity contribution in [1.82, 2.24) is 4.90 Å². The van der Waals surface area contributed by atoms with E-state index in [0.29, 0.717) is 13.1 Å². The van der Waals surface area contributed by atoms with Crippen molar-refractivity contribution >= 4 is 6.03 Å². The molecule has 11 heavy (non-hydrogen) atoms. The summed E-state index contributed by atoms with van der Waals surface area (Å²) in [6, 6.07) is -0.359. The van der Waals surface area contributed by atoms with Gasteiger partial charge in [0.25, 0.3) is 0 Å². The summed E-state index contributed by atoms with van der Waals surface area (Å²) in [6.07, 6.45) is 2.03. The molecule has 4 N–H and O–H groups in total. The van der Waals surface area contributed by atoms with Gasteiger partial charge in [0.1, 0.15) is 0 Å². The Kier molecular flexibility index (Phi) is 2.04. The predicted octanol–water partition coefficient (Wildman–Crippen LogP) is -0.122. The molecule has 2 amide bonds. The fourth-order valence-electron chi connectivity index (χ4n) is 1.53. The van der Waals surface area contributed by atoms with Crippen molar-refractivity contribution in [3.63, 3.8) is 0 Å². The Hall–Kier alpha value is -0.770. The topological polar surface area (TPSA) is 72.3 Å². The van der Waals surface area contributed by atoms with Crippen LogP contribution in [-0.4, -0.2) is 29.6 Å². The molecule has 1 saturated heterocycles. The molecule has 0 bridgehead atoms. The molecule has 0 aromatic rings. The van der Waals surface area contributed by atoms with E-state index in [1.54, 1.807) is 4.90 Å². The number of likely N-dealkylation sites (tertiary alicyclic amines) is 1. The van der Waals surface area contributed by atoms with Gasteiger partial charge in [0, 0.05) is 13.1 Å². The van der Waals surface area contributed by atoms with Crippen molar-refractivity contribution in [3.8, 4) is 0 Å². The molecule has 0 aromatic carbocycles. The maximum Gasteiger partial charge on any atom is 0.314 e. The molecule has 1 fully saturated rings. The highest BCUT2D eigenvalue weighted by molar-refractivity contribution is 5.73. The second-order valence-electron chi connectivity index (χ2n) is 3.31. The van der Waals surface area contributed by atoms with Crippen LogP contribution in [0.4, 0.5) is 4.79 Å². The van der Waals surface area contributed by atoms with Crippen LogP contribution in [0.3, 0.4) is 0 Å². The summed E-state index contributed by atoms with van der Waals surface area (Å²) in [5.41, 5.74) is 10.8. The van der Waals surface area contributed by atoms with Crippen molar-refractivity contribution in [2.75, 3.05) is 13.1 Å². The minimum atomic E-state index is -0.359. The van der Waals surface area contributed by atoms with Gasteiger partial charge in [-0.25, -0.2) is 4.79 Å². The first-order valence-electron chi connectivity index (χ1n) is 3.91. The monoisotopic (exact) mass is 157 g/mol. The summed E-state index contributed by atoms with van der Waals surface area (Å²) in [5, 5.41) is 0. The van der Waals surface area contributed by atoms with E-state index in [1.807, 2.05) is 0 Å². The zero-order valence-electron chi connectivity index (χ0n) is 6.84. The quantitative estimate of drug-likeness (QED) is 0.586. The summed E-state index contributed by atoms with van der Waals surface area (Å²) >= 11 is 0. The van der Waals surface area contributed by atoms with Crippen LogP contribution in [-0.2, 0) is 0 Å². The molecule has 1 rings (SSSR count). The Labute approximate surface area is 66.5 Å². The fraction of sp³-hybridized carbons (Fsp3) is 0.857. The van der Waals surface area contributed by atoms with Crippen LogP contribution in [0.15, 0.2) is 0 Å². The summed E-state index contributed by atoms with van der Waals surface area (Å²) in [4.78, 5) is 12.1. The predicted molar refractivity (Wildman–Crippen MR) is 43.0 cm³/mol. The molecule has 0 atom stereocenters. The molecule has 0 aromatic heterocycles. The maximum atomic E-state index is 10.6. The summed E-state index contributed by atoms with van der Waals surface area (Å²) in [5.74, 6) is 0. The van der Waals surface area contributed by atoms with Crippen LogP contribution in [0.25, 0.3) is 0 Å². The number of rotatable bonds is 2. The van der Waals surface area contributed by atoms with Crippen LogP contribution in [0.1, 0.15) is 19.8 Å². The van der Waals surface area contributed by atoms with Crippen molar-refractivity contribution in [2.45, 2.75) is 25.3 Å². The Morgan fingerprint density at radius 2 is 2.18 bits per heavy atom. The molecular weight excluding hydrogens is 142 g/mol. The van der Waals surface area contributed by atoms with Gasteiger partial charge < -0.3 is 16.4 Å². The van der Waals surface area contributed by atoms with Crippen molar-refractivity contribution in [1.29, 1.82) is 0 Å². The number of hydrogen-bond donors (Lipinski definition) is 2. The Bertz CT molecular complexity index is 163. The summed E-state index contributed by atoms with van der Waals surface area (Å²) in [7, 11) is 0. The standard InChI is InChI=1S/C7H15N3O/c1-2-3-7(9)4-10(5-7)6(8)11/h2-5,9H2,1H3,(H2,8,11). The van der Waals surface area contributed by atoms with Crippen LogP contribution >= 0.6 is 0 Å². The van der Waals surface area contributed by atoms with Gasteiger partial charge in [0.15, 0.2) is 0 Å². The number of nitrogens with two attached hydrogens (primary N) is 2. The van der Waals surface area contributed by atoms with E-state index in [9.17, 15) is 4.79 Å². The minimum Gasteiger partial charge on any atom is -0.351 e.